The van der Waals surface area contributed by atoms with E-state index < -0.39 is 29.0 Å². The lowest BCUT2D eigenvalue weighted by Crippen LogP contribution is -2.32. The van der Waals surface area contributed by atoms with Gasteiger partial charge in [-0.2, -0.15) is 0 Å². The molecule has 0 saturated heterocycles. The van der Waals surface area contributed by atoms with Crippen LogP contribution in [-0.2, 0) is 9.59 Å². The van der Waals surface area contributed by atoms with Crippen LogP contribution in [0.25, 0.3) is 0 Å². The molecule has 1 N–H and O–H groups in total. The number of fused-ring (bicyclic) bond motifs is 1. The van der Waals surface area contributed by atoms with Crippen molar-refractivity contribution in [3.05, 3.63) is 47.8 Å². The van der Waals surface area contributed by atoms with E-state index >= 15 is 0 Å². The van der Waals surface area contributed by atoms with Crippen molar-refractivity contribution in [2.45, 2.75) is 13.3 Å². The fraction of sp³-hybridized carbons (Fsp3) is 0.222. The standard InChI is InChI=1S/C18H15F3N2O4/c1-10(24)23(11-2-5-14-15(8-11)27-9-26-14)7-6-16(25)22-13-4-3-12(19)17(20)18(13)21/h2-5,8H,6-7,9H2,1H3,(H,22,25). The lowest BCUT2D eigenvalue weighted by atomic mass is 10.2. The van der Waals surface area contributed by atoms with Gasteiger partial charge in [0.25, 0.3) is 0 Å². The Hall–Kier alpha value is -3.23. The Balaban J connectivity index is 1.67. The largest absolute Gasteiger partial charge is 0.454 e. The van der Waals surface area contributed by atoms with Crippen molar-refractivity contribution in [3.8, 4) is 11.5 Å². The van der Waals surface area contributed by atoms with Crippen LogP contribution >= 0.6 is 0 Å². The van der Waals surface area contributed by atoms with Crippen LogP contribution in [0, 0.1) is 17.5 Å². The summed E-state index contributed by atoms with van der Waals surface area (Å²) in [5, 5.41) is 2.16. The summed E-state index contributed by atoms with van der Waals surface area (Å²) in [6.45, 7) is 1.41. The smallest absolute Gasteiger partial charge is 0.231 e. The summed E-state index contributed by atoms with van der Waals surface area (Å²) in [5.74, 6) is -4.45. The maximum absolute atomic E-state index is 13.6. The predicted octanol–water partition coefficient (Wildman–Crippen LogP) is 3.21. The van der Waals surface area contributed by atoms with Gasteiger partial charge in [0.1, 0.15) is 0 Å². The number of hydrogen-bond donors (Lipinski definition) is 1. The zero-order valence-electron chi connectivity index (χ0n) is 14.2. The molecule has 2 aromatic carbocycles. The highest BCUT2D eigenvalue weighted by atomic mass is 19.2. The Bertz CT molecular complexity index is 904. The van der Waals surface area contributed by atoms with Gasteiger partial charge in [0.15, 0.2) is 29.0 Å². The number of carbonyl (C=O) groups is 2. The van der Waals surface area contributed by atoms with Crippen LogP contribution in [0.3, 0.4) is 0 Å². The molecular weight excluding hydrogens is 365 g/mol. The van der Waals surface area contributed by atoms with E-state index in [1.165, 1.54) is 11.8 Å². The molecule has 1 aliphatic rings. The average molecular weight is 380 g/mol. The molecule has 0 radical (unpaired) electrons. The number of carbonyl (C=O) groups excluding carboxylic acids is 2. The molecule has 1 aliphatic heterocycles. The minimum absolute atomic E-state index is 0.00783. The van der Waals surface area contributed by atoms with Crippen LogP contribution in [-0.4, -0.2) is 25.2 Å². The molecule has 0 saturated carbocycles. The second kappa shape index (κ2) is 7.56. The van der Waals surface area contributed by atoms with E-state index in [1.807, 2.05) is 0 Å². The third kappa shape index (κ3) is 3.97. The van der Waals surface area contributed by atoms with Crippen molar-refractivity contribution in [2.24, 2.45) is 0 Å². The fourth-order valence-corrected chi connectivity index (χ4v) is 2.57. The highest BCUT2D eigenvalue weighted by Gasteiger charge is 2.20. The molecule has 1 heterocycles. The van der Waals surface area contributed by atoms with Crippen molar-refractivity contribution < 1.29 is 32.2 Å². The average Bonchev–Trinajstić information content (AvgIpc) is 3.10. The Kier molecular flexibility index (Phi) is 5.20. The highest BCUT2D eigenvalue weighted by Crippen LogP contribution is 2.35. The first kappa shape index (κ1) is 18.6. The number of ether oxygens (including phenoxy) is 2. The summed E-state index contributed by atoms with van der Waals surface area (Å²) in [4.78, 5) is 25.3. The Morgan fingerprint density at radius 1 is 1.07 bits per heavy atom. The first-order valence-corrected chi connectivity index (χ1v) is 7.98. The normalized spacial score (nSPS) is 12.0. The Labute approximate surface area is 152 Å². The molecule has 0 unspecified atom stereocenters. The van der Waals surface area contributed by atoms with Crippen LogP contribution in [0.1, 0.15) is 13.3 Å². The van der Waals surface area contributed by atoms with E-state index in [1.54, 1.807) is 18.2 Å². The molecule has 0 spiro atoms. The number of halogens is 3. The van der Waals surface area contributed by atoms with Crippen LogP contribution in [0.2, 0.25) is 0 Å². The molecule has 0 atom stereocenters. The minimum Gasteiger partial charge on any atom is -0.454 e. The summed E-state index contributed by atoms with van der Waals surface area (Å²) < 4.78 is 50.2. The summed E-state index contributed by atoms with van der Waals surface area (Å²) in [6, 6.07) is 6.53. The molecule has 27 heavy (non-hydrogen) atoms. The zero-order valence-corrected chi connectivity index (χ0v) is 14.2. The molecule has 0 fully saturated rings. The van der Waals surface area contributed by atoms with E-state index in [4.69, 9.17) is 9.47 Å². The van der Waals surface area contributed by atoms with Crippen molar-refractivity contribution in [1.82, 2.24) is 0 Å². The van der Waals surface area contributed by atoms with E-state index in [2.05, 4.69) is 5.32 Å². The molecular formula is C18H15F3N2O4. The third-order valence-electron chi connectivity index (χ3n) is 3.92. The van der Waals surface area contributed by atoms with E-state index in [0.717, 1.165) is 6.07 Å². The number of hydrogen-bond acceptors (Lipinski definition) is 4. The highest BCUT2D eigenvalue weighted by molar-refractivity contribution is 5.95. The van der Waals surface area contributed by atoms with Gasteiger partial charge in [-0.1, -0.05) is 0 Å². The number of anilines is 2. The van der Waals surface area contributed by atoms with E-state index in [0.29, 0.717) is 23.3 Å². The summed E-state index contributed by atoms with van der Waals surface area (Å²) >= 11 is 0. The Morgan fingerprint density at radius 3 is 2.56 bits per heavy atom. The van der Waals surface area contributed by atoms with Crippen molar-refractivity contribution in [1.29, 1.82) is 0 Å². The van der Waals surface area contributed by atoms with Crippen LogP contribution in [0.5, 0.6) is 11.5 Å². The number of nitrogens with one attached hydrogen (secondary N) is 1. The zero-order chi connectivity index (χ0) is 19.6. The first-order chi connectivity index (χ1) is 12.9. The van der Waals surface area contributed by atoms with E-state index in [9.17, 15) is 22.8 Å². The molecule has 6 nitrogen and oxygen atoms in total. The number of rotatable bonds is 5. The third-order valence-corrected chi connectivity index (χ3v) is 3.92. The molecule has 0 bridgehead atoms. The van der Waals surface area contributed by atoms with E-state index in [-0.39, 0.29) is 25.7 Å². The van der Waals surface area contributed by atoms with Gasteiger partial charge in [0.2, 0.25) is 18.6 Å². The van der Waals surface area contributed by atoms with Crippen molar-refractivity contribution >= 4 is 23.2 Å². The molecule has 0 aliphatic carbocycles. The monoisotopic (exact) mass is 380 g/mol. The van der Waals surface area contributed by atoms with Gasteiger partial charge in [-0.15, -0.1) is 0 Å². The topological polar surface area (TPSA) is 67.9 Å². The maximum atomic E-state index is 13.6. The lowest BCUT2D eigenvalue weighted by molar-refractivity contribution is -0.117. The lowest BCUT2D eigenvalue weighted by Gasteiger charge is -2.21. The molecule has 9 heteroatoms. The minimum atomic E-state index is -1.67. The quantitative estimate of drug-likeness (QED) is 0.809. The van der Waals surface area contributed by atoms with Gasteiger partial charge >= 0.3 is 0 Å². The van der Waals surface area contributed by atoms with Gasteiger partial charge in [-0.3, -0.25) is 9.59 Å². The predicted molar refractivity (Wildman–Crippen MR) is 90.2 cm³/mol. The molecule has 142 valence electrons. The van der Waals surface area contributed by atoms with Crippen molar-refractivity contribution in [2.75, 3.05) is 23.6 Å². The second-order valence-electron chi connectivity index (χ2n) is 5.73. The van der Waals surface area contributed by atoms with Gasteiger partial charge in [0, 0.05) is 31.6 Å². The maximum Gasteiger partial charge on any atom is 0.231 e. The molecule has 0 aromatic heterocycles. The molecule has 3 rings (SSSR count). The second-order valence-corrected chi connectivity index (χ2v) is 5.73. The number of amides is 2. The first-order valence-electron chi connectivity index (χ1n) is 7.98. The molecule has 2 aromatic rings. The van der Waals surface area contributed by atoms with Gasteiger partial charge < -0.3 is 19.7 Å². The van der Waals surface area contributed by atoms with Gasteiger partial charge in [-0.05, 0) is 24.3 Å². The number of benzene rings is 2. The van der Waals surface area contributed by atoms with Crippen LogP contribution in [0.15, 0.2) is 30.3 Å². The van der Waals surface area contributed by atoms with Crippen LogP contribution < -0.4 is 19.7 Å². The molecule has 2 amide bonds. The summed E-state index contributed by atoms with van der Waals surface area (Å²) in [5.41, 5.74) is 0.0231. The summed E-state index contributed by atoms with van der Waals surface area (Å²) in [7, 11) is 0. The number of nitrogens with zero attached hydrogens (tertiary/aromatic N) is 1. The van der Waals surface area contributed by atoms with Crippen LogP contribution in [0.4, 0.5) is 24.5 Å². The van der Waals surface area contributed by atoms with Crippen molar-refractivity contribution in [3.63, 3.8) is 0 Å². The SMILES string of the molecule is CC(=O)N(CCC(=O)Nc1ccc(F)c(F)c1F)c1ccc2c(c1)OCO2. The fourth-order valence-electron chi connectivity index (χ4n) is 2.57. The van der Waals surface area contributed by atoms with Gasteiger partial charge in [0.05, 0.1) is 5.69 Å². The van der Waals surface area contributed by atoms with Gasteiger partial charge in [-0.25, -0.2) is 13.2 Å². The summed E-state index contributed by atoms with van der Waals surface area (Å²) in [6.07, 6.45) is -0.188. The Morgan fingerprint density at radius 2 is 1.81 bits per heavy atom.